The van der Waals surface area contributed by atoms with Gasteiger partial charge in [-0.25, -0.2) is 4.98 Å². The van der Waals surface area contributed by atoms with Crippen molar-refractivity contribution in [2.45, 2.75) is 51.6 Å². The maximum Gasteiger partial charge on any atom is 0.133 e. The molecule has 1 fully saturated rings. The molecule has 4 nitrogen and oxygen atoms in total. The molecule has 0 aromatic carbocycles. The number of nitrogens with zero attached hydrogens (tertiary/aromatic N) is 3. The first kappa shape index (κ1) is 14.8. The highest BCUT2D eigenvalue weighted by atomic mass is 15.3. The lowest BCUT2D eigenvalue weighted by atomic mass is 9.94. The molecule has 1 saturated heterocycles. The monoisotopic (exact) mass is 288 g/mol. The van der Waals surface area contributed by atoms with E-state index in [0.717, 1.165) is 25.3 Å². The predicted molar refractivity (Wildman–Crippen MR) is 87.7 cm³/mol. The van der Waals surface area contributed by atoms with Crippen LogP contribution in [0.4, 0.5) is 5.82 Å². The Hall–Kier alpha value is -1.13. The highest BCUT2D eigenvalue weighted by Gasteiger charge is 2.24. The molecule has 1 unspecified atom stereocenters. The minimum atomic E-state index is 0.497. The Bertz CT molecular complexity index is 500. The van der Waals surface area contributed by atoms with Gasteiger partial charge in [-0.3, -0.25) is 0 Å². The van der Waals surface area contributed by atoms with Gasteiger partial charge < -0.3 is 15.5 Å². The second-order valence-electron chi connectivity index (χ2n) is 6.65. The third kappa shape index (κ3) is 3.06. The Morgan fingerprint density at radius 2 is 2.05 bits per heavy atom. The number of aromatic nitrogens is 1. The zero-order chi connectivity index (χ0) is 14.8. The van der Waals surface area contributed by atoms with E-state index in [2.05, 4.69) is 29.8 Å². The third-order valence-electron chi connectivity index (χ3n) is 4.90. The van der Waals surface area contributed by atoms with Gasteiger partial charge >= 0.3 is 0 Å². The molecule has 21 heavy (non-hydrogen) atoms. The summed E-state index contributed by atoms with van der Waals surface area (Å²) in [5.74, 6) is 1.15. The van der Waals surface area contributed by atoms with Crippen LogP contribution in [0.2, 0.25) is 0 Å². The highest BCUT2D eigenvalue weighted by Crippen LogP contribution is 2.28. The summed E-state index contributed by atoms with van der Waals surface area (Å²) >= 11 is 0. The zero-order valence-electron chi connectivity index (χ0n) is 13.4. The molecule has 0 bridgehead atoms. The smallest absolute Gasteiger partial charge is 0.133 e. The Labute approximate surface area is 128 Å². The number of hydrogen-bond donors (Lipinski definition) is 1. The summed E-state index contributed by atoms with van der Waals surface area (Å²) in [6, 6.07) is 2.83. The van der Waals surface area contributed by atoms with Gasteiger partial charge in [0.2, 0.25) is 0 Å². The van der Waals surface area contributed by atoms with Crippen molar-refractivity contribution in [2.24, 2.45) is 5.73 Å². The minimum Gasteiger partial charge on any atom is -0.352 e. The van der Waals surface area contributed by atoms with Gasteiger partial charge in [-0.05, 0) is 64.3 Å². The van der Waals surface area contributed by atoms with Gasteiger partial charge in [0.15, 0.2) is 0 Å². The average Bonchev–Trinajstić information content (AvgIpc) is 2.66. The van der Waals surface area contributed by atoms with E-state index < -0.39 is 0 Å². The Morgan fingerprint density at radius 1 is 1.24 bits per heavy atom. The number of hydrogen-bond acceptors (Lipinski definition) is 4. The fraction of sp³-hybridized carbons (Fsp3) is 0.706. The first-order valence-electron chi connectivity index (χ1n) is 8.36. The molecular weight excluding hydrogens is 260 g/mol. The molecule has 1 aromatic rings. The molecule has 2 N–H and O–H groups in total. The van der Waals surface area contributed by atoms with Crippen LogP contribution in [0.1, 0.15) is 43.0 Å². The summed E-state index contributed by atoms with van der Waals surface area (Å²) in [6.45, 7) is 6.26. The van der Waals surface area contributed by atoms with E-state index in [-0.39, 0.29) is 0 Å². The Kier molecular flexibility index (Phi) is 4.45. The van der Waals surface area contributed by atoms with Crippen LogP contribution >= 0.6 is 0 Å². The molecule has 2 aliphatic rings. The van der Waals surface area contributed by atoms with Gasteiger partial charge in [-0.2, -0.15) is 0 Å². The SMILES string of the molecule is CC1CN(C)CCCN1c1nc2c(cc1CN)CCCC2. The summed E-state index contributed by atoms with van der Waals surface area (Å²) in [6.07, 6.45) is 6.08. The molecule has 1 aliphatic heterocycles. The molecule has 0 spiro atoms. The van der Waals surface area contributed by atoms with Crippen LogP contribution in [-0.4, -0.2) is 42.6 Å². The van der Waals surface area contributed by atoms with Gasteiger partial charge in [-0.1, -0.05) is 0 Å². The maximum absolute atomic E-state index is 6.03. The Morgan fingerprint density at radius 3 is 2.86 bits per heavy atom. The second kappa shape index (κ2) is 6.32. The number of aryl methyl sites for hydroxylation is 2. The summed E-state index contributed by atoms with van der Waals surface area (Å²) in [4.78, 5) is 9.96. The van der Waals surface area contributed by atoms with Crippen LogP contribution in [0.15, 0.2) is 6.07 Å². The average molecular weight is 288 g/mol. The van der Waals surface area contributed by atoms with Gasteiger partial charge in [0, 0.05) is 36.9 Å². The van der Waals surface area contributed by atoms with E-state index in [1.165, 1.54) is 49.0 Å². The lowest BCUT2D eigenvalue weighted by molar-refractivity contribution is 0.337. The highest BCUT2D eigenvalue weighted by molar-refractivity contribution is 5.51. The van der Waals surface area contributed by atoms with Crippen molar-refractivity contribution in [2.75, 3.05) is 31.6 Å². The molecule has 0 amide bonds. The maximum atomic E-state index is 6.03. The van der Waals surface area contributed by atoms with Crippen LogP contribution in [0, 0.1) is 0 Å². The van der Waals surface area contributed by atoms with E-state index >= 15 is 0 Å². The van der Waals surface area contributed by atoms with Crippen molar-refractivity contribution in [3.8, 4) is 0 Å². The molecule has 0 radical (unpaired) electrons. The molecule has 1 atom stereocenters. The number of nitrogens with two attached hydrogens (primary N) is 1. The number of pyridine rings is 1. The fourth-order valence-electron chi connectivity index (χ4n) is 3.76. The molecule has 116 valence electrons. The standard InChI is InChI=1S/C17H28N4/c1-13-12-20(2)8-5-9-21(13)17-15(11-18)10-14-6-3-4-7-16(14)19-17/h10,13H,3-9,11-12,18H2,1-2H3. The van der Waals surface area contributed by atoms with Gasteiger partial charge in [0.05, 0.1) is 0 Å². The van der Waals surface area contributed by atoms with Crippen LogP contribution in [0.5, 0.6) is 0 Å². The van der Waals surface area contributed by atoms with Gasteiger partial charge in [0.25, 0.3) is 0 Å². The van der Waals surface area contributed by atoms with Crippen LogP contribution in [0.3, 0.4) is 0 Å². The van der Waals surface area contributed by atoms with E-state index in [0.29, 0.717) is 12.6 Å². The van der Waals surface area contributed by atoms with Crippen LogP contribution in [0.25, 0.3) is 0 Å². The zero-order valence-corrected chi connectivity index (χ0v) is 13.4. The predicted octanol–water partition coefficient (Wildman–Crippen LogP) is 1.95. The quantitative estimate of drug-likeness (QED) is 0.903. The molecule has 1 aromatic heterocycles. The largest absolute Gasteiger partial charge is 0.352 e. The van der Waals surface area contributed by atoms with Crippen molar-refractivity contribution in [1.29, 1.82) is 0 Å². The van der Waals surface area contributed by atoms with Crippen LogP contribution in [-0.2, 0) is 19.4 Å². The minimum absolute atomic E-state index is 0.497. The van der Waals surface area contributed by atoms with Gasteiger partial charge in [-0.15, -0.1) is 0 Å². The molecule has 4 heteroatoms. The van der Waals surface area contributed by atoms with Crippen molar-refractivity contribution >= 4 is 5.82 Å². The molecule has 1 aliphatic carbocycles. The van der Waals surface area contributed by atoms with Crippen molar-refractivity contribution in [3.05, 3.63) is 22.9 Å². The number of likely N-dealkylation sites (N-methyl/N-ethyl adjacent to an activating group) is 1. The topological polar surface area (TPSA) is 45.4 Å². The molecular formula is C17H28N4. The van der Waals surface area contributed by atoms with Gasteiger partial charge in [0.1, 0.15) is 5.82 Å². The van der Waals surface area contributed by atoms with E-state index in [9.17, 15) is 0 Å². The number of anilines is 1. The third-order valence-corrected chi connectivity index (χ3v) is 4.90. The van der Waals surface area contributed by atoms with Crippen molar-refractivity contribution < 1.29 is 0 Å². The second-order valence-corrected chi connectivity index (χ2v) is 6.65. The van der Waals surface area contributed by atoms with Crippen molar-refractivity contribution in [3.63, 3.8) is 0 Å². The van der Waals surface area contributed by atoms with E-state index in [4.69, 9.17) is 10.7 Å². The van der Waals surface area contributed by atoms with Crippen LogP contribution < -0.4 is 10.6 Å². The van der Waals surface area contributed by atoms with E-state index in [1.807, 2.05) is 0 Å². The summed E-state index contributed by atoms with van der Waals surface area (Å²) in [7, 11) is 2.21. The lowest BCUT2D eigenvalue weighted by Crippen LogP contribution is -2.39. The fourth-order valence-corrected chi connectivity index (χ4v) is 3.76. The first-order chi connectivity index (χ1) is 10.2. The Balaban J connectivity index is 1.96. The molecule has 0 saturated carbocycles. The summed E-state index contributed by atoms with van der Waals surface area (Å²) in [5.41, 5.74) is 10.0. The normalized spacial score (nSPS) is 23.8. The molecule has 3 rings (SSSR count). The number of fused-ring (bicyclic) bond motifs is 1. The lowest BCUT2D eigenvalue weighted by Gasteiger charge is -2.32. The number of rotatable bonds is 2. The first-order valence-corrected chi connectivity index (χ1v) is 8.36. The molecule has 2 heterocycles. The summed E-state index contributed by atoms with van der Waals surface area (Å²) in [5, 5.41) is 0. The van der Waals surface area contributed by atoms with E-state index in [1.54, 1.807) is 0 Å². The summed E-state index contributed by atoms with van der Waals surface area (Å²) < 4.78 is 0. The van der Waals surface area contributed by atoms with Crippen molar-refractivity contribution in [1.82, 2.24) is 9.88 Å².